The van der Waals surface area contributed by atoms with Crippen LogP contribution >= 0.6 is 0 Å². The molecular weight excluding hydrogens is 410 g/mol. The van der Waals surface area contributed by atoms with Gasteiger partial charge in [0.1, 0.15) is 5.75 Å². The Labute approximate surface area is 184 Å². The summed E-state index contributed by atoms with van der Waals surface area (Å²) in [5, 5.41) is 0.0242. The quantitative estimate of drug-likeness (QED) is 0.627. The molecule has 1 aliphatic heterocycles. The minimum absolute atomic E-state index is 0.0242. The molecule has 164 valence electrons. The second-order valence-corrected chi connectivity index (χ2v) is 10.4. The van der Waals surface area contributed by atoms with E-state index in [2.05, 4.69) is 53.9 Å². The molecular formula is C24H29N3O3S. The highest BCUT2D eigenvalue weighted by atomic mass is 32.2. The number of rotatable bonds is 6. The molecule has 1 atom stereocenters. The molecule has 0 saturated heterocycles. The molecule has 1 N–H and O–H groups in total. The molecule has 4 rings (SSSR count). The lowest BCUT2D eigenvalue weighted by atomic mass is 9.68. The predicted octanol–water partition coefficient (Wildman–Crippen LogP) is 4.13. The Bertz CT molecular complexity index is 1150. The van der Waals surface area contributed by atoms with E-state index in [0.717, 1.165) is 29.7 Å². The van der Waals surface area contributed by atoms with Gasteiger partial charge in [-0.1, -0.05) is 56.3 Å². The fourth-order valence-electron chi connectivity index (χ4n) is 4.34. The Morgan fingerprint density at radius 2 is 1.97 bits per heavy atom. The maximum atomic E-state index is 12.6. The van der Waals surface area contributed by atoms with Gasteiger partial charge in [-0.15, -0.1) is 0 Å². The number of nitrogens with one attached hydrogen (secondary N) is 1. The summed E-state index contributed by atoms with van der Waals surface area (Å²) in [6.07, 6.45) is 4.96. The summed E-state index contributed by atoms with van der Waals surface area (Å²) in [6, 6.07) is 16.5. The number of hydrogen-bond donors (Lipinski definition) is 1. The summed E-state index contributed by atoms with van der Waals surface area (Å²) in [4.78, 5) is 3.95. The molecule has 0 radical (unpaired) electrons. The van der Waals surface area contributed by atoms with E-state index in [-0.39, 0.29) is 22.9 Å². The third-order valence-corrected chi connectivity index (χ3v) is 7.44. The van der Waals surface area contributed by atoms with Crippen molar-refractivity contribution in [1.29, 1.82) is 0 Å². The molecule has 31 heavy (non-hydrogen) atoms. The summed E-state index contributed by atoms with van der Waals surface area (Å²) in [6.45, 7) is 5.45. The molecule has 0 amide bonds. The van der Waals surface area contributed by atoms with Crippen molar-refractivity contribution >= 4 is 10.0 Å². The van der Waals surface area contributed by atoms with Crippen LogP contribution in [0.2, 0.25) is 0 Å². The topological polar surface area (TPSA) is 73.2 Å². The Balaban J connectivity index is 1.62. The van der Waals surface area contributed by atoms with Gasteiger partial charge in [0.25, 0.3) is 10.0 Å². The zero-order valence-corrected chi connectivity index (χ0v) is 19.0. The van der Waals surface area contributed by atoms with Crippen LogP contribution < -0.4 is 9.46 Å². The number of aromatic nitrogens is 2. The van der Waals surface area contributed by atoms with E-state index in [4.69, 9.17) is 4.74 Å². The molecule has 0 saturated carbocycles. The van der Waals surface area contributed by atoms with Gasteiger partial charge in [0.05, 0.1) is 12.9 Å². The summed E-state index contributed by atoms with van der Waals surface area (Å²) >= 11 is 0. The Morgan fingerprint density at radius 1 is 1.19 bits per heavy atom. The first-order valence-electron chi connectivity index (χ1n) is 10.6. The van der Waals surface area contributed by atoms with Crippen LogP contribution in [0, 0.1) is 0 Å². The van der Waals surface area contributed by atoms with Crippen molar-refractivity contribution < 1.29 is 13.2 Å². The highest BCUT2D eigenvalue weighted by Gasteiger charge is 2.35. The van der Waals surface area contributed by atoms with E-state index in [1.807, 2.05) is 18.2 Å². The van der Waals surface area contributed by atoms with Gasteiger partial charge in [0.15, 0.2) is 5.03 Å². The van der Waals surface area contributed by atoms with Crippen LogP contribution in [-0.2, 0) is 29.0 Å². The van der Waals surface area contributed by atoms with Gasteiger partial charge in [-0.05, 0) is 46.9 Å². The fourth-order valence-corrected chi connectivity index (χ4v) is 5.33. The minimum Gasteiger partial charge on any atom is -0.493 e. The maximum absolute atomic E-state index is 12.6. The highest BCUT2D eigenvalue weighted by molar-refractivity contribution is 7.89. The molecule has 0 fully saturated rings. The smallest absolute Gasteiger partial charge is 0.259 e. The third-order valence-electron chi connectivity index (χ3n) is 6.16. The SMILES string of the molecule is Cn1cnc(S(=O)(=O)NCc2ccc3c(c2)C(C(C)(C)c2ccccc2)CCCO3)c1. The van der Waals surface area contributed by atoms with Crippen LogP contribution in [0.3, 0.4) is 0 Å². The first-order chi connectivity index (χ1) is 14.8. The number of benzene rings is 2. The van der Waals surface area contributed by atoms with Crippen LogP contribution in [0.25, 0.3) is 0 Å². The summed E-state index contributed by atoms with van der Waals surface area (Å²) in [5.41, 5.74) is 3.24. The lowest BCUT2D eigenvalue weighted by Crippen LogP contribution is -2.27. The maximum Gasteiger partial charge on any atom is 0.259 e. The molecule has 0 aliphatic carbocycles. The molecule has 1 unspecified atom stereocenters. The van der Waals surface area contributed by atoms with E-state index in [1.54, 1.807) is 11.6 Å². The van der Waals surface area contributed by atoms with Gasteiger partial charge in [-0.25, -0.2) is 18.1 Å². The standard InChI is InChI=1S/C24H29N3O3S/c1-24(2,19-8-5-4-6-9-19)21-10-7-13-30-22-12-11-18(14-20(21)22)15-26-31(28,29)23-16-27(3)17-25-23/h4-6,8-9,11-12,14,16-17,21,26H,7,10,13,15H2,1-3H3. The monoisotopic (exact) mass is 439 g/mol. The highest BCUT2D eigenvalue weighted by Crippen LogP contribution is 2.46. The number of ether oxygens (including phenoxy) is 1. The van der Waals surface area contributed by atoms with E-state index >= 15 is 0 Å². The van der Waals surface area contributed by atoms with Crippen molar-refractivity contribution in [2.24, 2.45) is 7.05 Å². The van der Waals surface area contributed by atoms with Gasteiger partial charge >= 0.3 is 0 Å². The molecule has 1 aliphatic rings. The first kappa shape index (κ1) is 21.6. The van der Waals surface area contributed by atoms with Crippen molar-refractivity contribution in [2.75, 3.05) is 6.61 Å². The van der Waals surface area contributed by atoms with Gasteiger partial charge < -0.3 is 9.30 Å². The second-order valence-electron chi connectivity index (χ2n) is 8.71. The molecule has 2 heterocycles. The number of fused-ring (bicyclic) bond motifs is 1. The van der Waals surface area contributed by atoms with Crippen molar-refractivity contribution in [1.82, 2.24) is 14.3 Å². The second kappa shape index (κ2) is 8.48. The largest absolute Gasteiger partial charge is 0.493 e. The van der Waals surface area contributed by atoms with Crippen LogP contribution in [0.4, 0.5) is 0 Å². The van der Waals surface area contributed by atoms with Crippen LogP contribution in [0.1, 0.15) is 49.3 Å². The zero-order chi connectivity index (χ0) is 22.1. The molecule has 2 aromatic carbocycles. The van der Waals surface area contributed by atoms with Gasteiger partial charge in [-0.3, -0.25) is 0 Å². The van der Waals surface area contributed by atoms with Crippen molar-refractivity contribution in [3.05, 3.63) is 77.7 Å². The van der Waals surface area contributed by atoms with Gasteiger partial charge in [-0.2, -0.15) is 0 Å². The van der Waals surface area contributed by atoms with Crippen LogP contribution in [0.5, 0.6) is 5.75 Å². The minimum atomic E-state index is -3.66. The lowest BCUT2D eigenvalue weighted by Gasteiger charge is -2.35. The van der Waals surface area contributed by atoms with E-state index in [0.29, 0.717) is 6.61 Å². The molecule has 7 heteroatoms. The average Bonchev–Trinajstić information content (AvgIpc) is 3.09. The summed E-state index contributed by atoms with van der Waals surface area (Å²) in [7, 11) is -1.92. The van der Waals surface area contributed by atoms with Crippen LogP contribution in [-0.4, -0.2) is 24.6 Å². The van der Waals surface area contributed by atoms with Crippen molar-refractivity contribution in [2.45, 2.75) is 49.6 Å². The van der Waals surface area contributed by atoms with Crippen LogP contribution in [0.15, 0.2) is 66.1 Å². The summed E-state index contributed by atoms with van der Waals surface area (Å²) in [5.74, 6) is 1.16. The summed E-state index contributed by atoms with van der Waals surface area (Å²) < 4.78 is 35.4. The van der Waals surface area contributed by atoms with Gasteiger partial charge in [0.2, 0.25) is 0 Å². The van der Waals surface area contributed by atoms with E-state index in [1.165, 1.54) is 18.1 Å². The average molecular weight is 440 g/mol. The lowest BCUT2D eigenvalue weighted by molar-refractivity contribution is 0.312. The third kappa shape index (κ3) is 4.52. The van der Waals surface area contributed by atoms with Gasteiger partial charge in [0, 0.05) is 19.8 Å². The number of sulfonamides is 1. The molecule has 3 aromatic rings. The number of hydrogen-bond acceptors (Lipinski definition) is 4. The Kier molecular flexibility index (Phi) is 5.90. The van der Waals surface area contributed by atoms with E-state index < -0.39 is 10.0 Å². The molecule has 0 spiro atoms. The van der Waals surface area contributed by atoms with E-state index in [9.17, 15) is 8.42 Å². The first-order valence-corrected chi connectivity index (χ1v) is 12.0. The number of aryl methyl sites for hydroxylation is 1. The molecule has 6 nitrogen and oxygen atoms in total. The normalized spacial score (nSPS) is 16.9. The van der Waals surface area contributed by atoms with Crippen molar-refractivity contribution in [3.63, 3.8) is 0 Å². The Hall–Kier alpha value is -2.64. The number of imidazole rings is 1. The number of nitrogens with zero attached hydrogens (tertiary/aromatic N) is 2. The predicted molar refractivity (Wildman–Crippen MR) is 121 cm³/mol. The Morgan fingerprint density at radius 3 is 2.68 bits per heavy atom. The zero-order valence-electron chi connectivity index (χ0n) is 18.2. The molecule has 1 aromatic heterocycles. The fraction of sp³-hybridized carbons (Fsp3) is 0.375. The molecule has 0 bridgehead atoms. The van der Waals surface area contributed by atoms with Crippen molar-refractivity contribution in [3.8, 4) is 5.75 Å².